The number of carbonyl (C=O) groups excluding carboxylic acids is 1. The lowest BCUT2D eigenvalue weighted by Crippen LogP contribution is -2.53. The van der Waals surface area contributed by atoms with E-state index >= 15 is 0 Å². The van der Waals surface area contributed by atoms with Crippen molar-refractivity contribution < 1.29 is 4.79 Å². The number of nitrogens with zero attached hydrogens (tertiary/aromatic N) is 4. The first-order valence-corrected chi connectivity index (χ1v) is 9.00. The zero-order valence-electron chi connectivity index (χ0n) is 14.9. The Labute approximate surface area is 148 Å². The summed E-state index contributed by atoms with van der Waals surface area (Å²) < 4.78 is 0. The van der Waals surface area contributed by atoms with Gasteiger partial charge in [0, 0.05) is 37.1 Å². The van der Waals surface area contributed by atoms with Crippen LogP contribution in [0.3, 0.4) is 0 Å². The second kappa shape index (κ2) is 6.19. The molecule has 2 saturated heterocycles. The molecule has 2 fully saturated rings. The Morgan fingerprint density at radius 3 is 2.48 bits per heavy atom. The number of nitrogens with one attached hydrogen (secondary N) is 1. The maximum Gasteiger partial charge on any atom is 0.325 e. The molecule has 132 valence electrons. The summed E-state index contributed by atoms with van der Waals surface area (Å²) in [5, 5.41) is 6.83. The van der Waals surface area contributed by atoms with Crippen LogP contribution in [0.5, 0.6) is 0 Å². The number of anilines is 1. The van der Waals surface area contributed by atoms with E-state index in [0.717, 1.165) is 55.8 Å². The smallest absolute Gasteiger partial charge is 0.317 e. The maximum atomic E-state index is 13.0. The lowest BCUT2D eigenvalue weighted by atomic mass is 9.87. The van der Waals surface area contributed by atoms with Gasteiger partial charge < -0.3 is 9.80 Å². The SMILES string of the molecule is CCN1C(=O)N(c2ccc(-c3cn[nH]c3)cc2)CC12CCN(C)CC2. The van der Waals surface area contributed by atoms with Crippen LogP contribution in [0, 0.1) is 0 Å². The highest BCUT2D eigenvalue weighted by Crippen LogP contribution is 2.38. The number of urea groups is 1. The van der Waals surface area contributed by atoms with Crippen LogP contribution in [0.4, 0.5) is 10.5 Å². The van der Waals surface area contributed by atoms with E-state index in [2.05, 4.69) is 46.1 Å². The second-order valence-corrected chi connectivity index (χ2v) is 7.17. The first-order valence-electron chi connectivity index (χ1n) is 9.00. The third kappa shape index (κ3) is 2.70. The predicted octanol–water partition coefficient (Wildman–Crippen LogP) is 2.80. The number of aromatic nitrogens is 2. The van der Waals surface area contributed by atoms with Crippen LogP contribution in [-0.2, 0) is 0 Å². The number of amides is 2. The van der Waals surface area contributed by atoms with Crippen LogP contribution in [0.25, 0.3) is 11.1 Å². The van der Waals surface area contributed by atoms with Crippen molar-refractivity contribution in [3.63, 3.8) is 0 Å². The molecule has 4 rings (SSSR count). The van der Waals surface area contributed by atoms with Crippen LogP contribution in [0.15, 0.2) is 36.7 Å². The van der Waals surface area contributed by atoms with Gasteiger partial charge in [-0.05, 0) is 44.5 Å². The molecule has 0 unspecified atom stereocenters. The monoisotopic (exact) mass is 339 g/mol. The molecule has 0 radical (unpaired) electrons. The van der Waals surface area contributed by atoms with E-state index in [9.17, 15) is 4.79 Å². The molecule has 2 aliphatic rings. The summed E-state index contributed by atoms with van der Waals surface area (Å²) in [5.74, 6) is 0. The van der Waals surface area contributed by atoms with Crippen LogP contribution in [0.1, 0.15) is 19.8 Å². The Balaban J connectivity index is 1.59. The third-order valence-corrected chi connectivity index (χ3v) is 5.73. The predicted molar refractivity (Wildman–Crippen MR) is 98.6 cm³/mol. The highest BCUT2D eigenvalue weighted by molar-refractivity contribution is 5.95. The Bertz CT molecular complexity index is 732. The number of likely N-dealkylation sites (tertiary alicyclic amines) is 1. The number of H-pyrrole nitrogens is 1. The van der Waals surface area contributed by atoms with E-state index in [4.69, 9.17) is 0 Å². The molecular weight excluding hydrogens is 314 g/mol. The summed E-state index contributed by atoms with van der Waals surface area (Å²) in [6.45, 7) is 5.75. The van der Waals surface area contributed by atoms with Crippen LogP contribution >= 0.6 is 0 Å². The number of likely N-dealkylation sites (N-methyl/N-ethyl adjacent to an activating group) is 1. The van der Waals surface area contributed by atoms with Gasteiger partial charge in [-0.15, -0.1) is 0 Å². The summed E-state index contributed by atoms with van der Waals surface area (Å²) in [6, 6.07) is 8.35. The molecule has 3 heterocycles. The van der Waals surface area contributed by atoms with Crippen LogP contribution in [-0.4, -0.2) is 64.8 Å². The Morgan fingerprint density at radius 1 is 1.16 bits per heavy atom. The molecule has 1 spiro atoms. The van der Waals surface area contributed by atoms with E-state index in [0.29, 0.717) is 0 Å². The number of hydrogen-bond acceptors (Lipinski definition) is 3. The van der Waals surface area contributed by atoms with Gasteiger partial charge in [0.2, 0.25) is 0 Å². The number of piperidine rings is 1. The molecule has 0 aliphatic carbocycles. The van der Waals surface area contributed by atoms with E-state index in [-0.39, 0.29) is 11.6 Å². The Kier molecular flexibility index (Phi) is 4.00. The average molecular weight is 339 g/mol. The number of hydrogen-bond donors (Lipinski definition) is 1. The van der Waals surface area contributed by atoms with Gasteiger partial charge in [0.15, 0.2) is 0 Å². The molecule has 2 aromatic rings. The molecule has 0 bridgehead atoms. The fourth-order valence-electron chi connectivity index (χ4n) is 4.17. The van der Waals surface area contributed by atoms with Crippen molar-refractivity contribution in [2.24, 2.45) is 0 Å². The zero-order valence-corrected chi connectivity index (χ0v) is 14.9. The molecule has 1 aromatic heterocycles. The average Bonchev–Trinajstić information content (AvgIpc) is 3.25. The van der Waals surface area contributed by atoms with Gasteiger partial charge in [-0.2, -0.15) is 5.10 Å². The lowest BCUT2D eigenvalue weighted by molar-refractivity contribution is 0.0908. The van der Waals surface area contributed by atoms with Crippen molar-refractivity contribution in [3.05, 3.63) is 36.7 Å². The fourth-order valence-corrected chi connectivity index (χ4v) is 4.17. The minimum Gasteiger partial charge on any atom is -0.317 e. The molecule has 0 saturated carbocycles. The van der Waals surface area contributed by atoms with Crippen molar-refractivity contribution in [3.8, 4) is 11.1 Å². The van der Waals surface area contributed by atoms with Gasteiger partial charge in [-0.25, -0.2) is 4.79 Å². The molecule has 2 aliphatic heterocycles. The number of aromatic amines is 1. The summed E-state index contributed by atoms with van der Waals surface area (Å²) in [4.78, 5) is 19.4. The summed E-state index contributed by atoms with van der Waals surface area (Å²) in [5.41, 5.74) is 3.12. The van der Waals surface area contributed by atoms with Crippen LogP contribution in [0.2, 0.25) is 0 Å². The number of rotatable bonds is 3. The molecule has 1 N–H and O–H groups in total. The van der Waals surface area contributed by atoms with Crippen molar-refractivity contribution in [1.82, 2.24) is 20.0 Å². The Hall–Kier alpha value is -2.34. The van der Waals surface area contributed by atoms with Gasteiger partial charge in [-0.3, -0.25) is 10.00 Å². The van der Waals surface area contributed by atoms with Crippen molar-refractivity contribution in [1.29, 1.82) is 0 Å². The molecule has 25 heavy (non-hydrogen) atoms. The highest BCUT2D eigenvalue weighted by atomic mass is 16.2. The molecule has 6 heteroatoms. The maximum absolute atomic E-state index is 13.0. The summed E-state index contributed by atoms with van der Waals surface area (Å²) >= 11 is 0. The number of benzene rings is 1. The minimum absolute atomic E-state index is 0.0123. The first-order chi connectivity index (χ1) is 12.1. The molecule has 6 nitrogen and oxygen atoms in total. The number of carbonyl (C=O) groups is 1. The summed E-state index contributed by atoms with van der Waals surface area (Å²) in [6.07, 6.45) is 5.78. The van der Waals surface area contributed by atoms with Gasteiger partial charge in [0.25, 0.3) is 0 Å². The topological polar surface area (TPSA) is 55.5 Å². The van der Waals surface area contributed by atoms with Gasteiger partial charge in [-0.1, -0.05) is 12.1 Å². The minimum atomic E-state index is -0.0123. The van der Waals surface area contributed by atoms with Crippen molar-refractivity contribution in [2.45, 2.75) is 25.3 Å². The van der Waals surface area contributed by atoms with Crippen LogP contribution < -0.4 is 4.90 Å². The van der Waals surface area contributed by atoms with Crippen molar-refractivity contribution in [2.75, 3.05) is 38.1 Å². The Morgan fingerprint density at radius 2 is 1.88 bits per heavy atom. The van der Waals surface area contributed by atoms with E-state index in [1.54, 1.807) is 0 Å². The fraction of sp³-hybridized carbons (Fsp3) is 0.474. The van der Waals surface area contributed by atoms with E-state index in [1.165, 1.54) is 0 Å². The van der Waals surface area contributed by atoms with Gasteiger partial charge in [0.1, 0.15) is 0 Å². The summed E-state index contributed by atoms with van der Waals surface area (Å²) in [7, 11) is 2.16. The van der Waals surface area contributed by atoms with Gasteiger partial charge >= 0.3 is 6.03 Å². The third-order valence-electron chi connectivity index (χ3n) is 5.73. The zero-order chi connectivity index (χ0) is 17.4. The van der Waals surface area contributed by atoms with Crippen molar-refractivity contribution >= 4 is 11.7 Å². The molecule has 2 amide bonds. The largest absolute Gasteiger partial charge is 0.325 e. The van der Waals surface area contributed by atoms with Gasteiger partial charge in [0.05, 0.1) is 18.3 Å². The normalized spacial score (nSPS) is 20.6. The van der Waals surface area contributed by atoms with E-state index < -0.39 is 0 Å². The quantitative estimate of drug-likeness (QED) is 0.935. The van der Waals surface area contributed by atoms with E-state index in [1.807, 2.05) is 29.4 Å². The second-order valence-electron chi connectivity index (χ2n) is 7.17. The first kappa shape index (κ1) is 16.1. The standard InChI is InChI=1S/C19H25N5O/c1-3-24-18(25)23(14-19(24)8-10-22(2)11-9-19)17-6-4-15(5-7-17)16-12-20-21-13-16/h4-7,12-13H,3,8-11,14H2,1-2H3,(H,20,21). The molecule has 1 aromatic carbocycles. The molecule has 0 atom stereocenters. The highest BCUT2D eigenvalue weighted by Gasteiger charge is 2.50. The lowest BCUT2D eigenvalue weighted by Gasteiger charge is -2.42. The molecular formula is C19H25N5O.